The number of hydrogen-bond acceptors (Lipinski definition) is 3. The molecule has 0 aliphatic rings. The molecule has 0 aliphatic carbocycles. The van der Waals surface area contributed by atoms with E-state index in [0.29, 0.717) is 16.5 Å². The summed E-state index contributed by atoms with van der Waals surface area (Å²) in [5, 5.41) is 0.481. The molecule has 0 fully saturated rings. The molecule has 0 aromatic heterocycles. The minimum atomic E-state index is -3.78. The van der Waals surface area contributed by atoms with Crippen LogP contribution in [0.15, 0.2) is 41.3 Å². The molecule has 21 heavy (non-hydrogen) atoms. The van der Waals surface area contributed by atoms with Crippen LogP contribution < -0.4 is 9.46 Å². The molecule has 0 aliphatic heterocycles. The highest BCUT2D eigenvalue weighted by atomic mass is 35.5. The Labute approximate surface area is 133 Å². The zero-order valence-corrected chi connectivity index (χ0v) is 13.7. The van der Waals surface area contributed by atoms with Crippen LogP contribution in [0.1, 0.15) is 5.56 Å². The Bertz CT molecular complexity index is 776. The first kappa shape index (κ1) is 15.9. The second-order valence-corrected chi connectivity index (χ2v) is 6.85. The van der Waals surface area contributed by atoms with Gasteiger partial charge in [0.15, 0.2) is 0 Å². The van der Waals surface area contributed by atoms with Gasteiger partial charge in [0.25, 0.3) is 10.0 Å². The van der Waals surface area contributed by atoms with Crippen LogP contribution >= 0.6 is 23.2 Å². The Kier molecular flexibility index (Phi) is 4.66. The van der Waals surface area contributed by atoms with Crippen LogP contribution in [0.25, 0.3) is 0 Å². The van der Waals surface area contributed by atoms with Gasteiger partial charge in [0, 0.05) is 0 Å². The van der Waals surface area contributed by atoms with Gasteiger partial charge in [-0.2, -0.15) is 0 Å². The van der Waals surface area contributed by atoms with Gasteiger partial charge in [-0.3, -0.25) is 4.72 Å². The summed E-state index contributed by atoms with van der Waals surface area (Å²) >= 11 is 12.0. The molecule has 0 atom stereocenters. The van der Waals surface area contributed by atoms with E-state index in [1.54, 1.807) is 24.3 Å². The van der Waals surface area contributed by atoms with E-state index >= 15 is 0 Å². The highest BCUT2D eigenvalue weighted by Gasteiger charge is 2.18. The third kappa shape index (κ3) is 3.61. The van der Waals surface area contributed by atoms with Gasteiger partial charge in [-0.15, -0.1) is 0 Å². The van der Waals surface area contributed by atoms with E-state index < -0.39 is 10.0 Å². The smallest absolute Gasteiger partial charge is 0.263 e. The van der Waals surface area contributed by atoms with E-state index in [-0.39, 0.29) is 9.92 Å². The van der Waals surface area contributed by atoms with E-state index in [4.69, 9.17) is 27.9 Å². The molecule has 2 rings (SSSR count). The third-order valence-corrected chi connectivity index (χ3v) is 4.94. The number of methoxy groups -OCH3 is 1. The van der Waals surface area contributed by atoms with Gasteiger partial charge in [-0.05, 0) is 42.8 Å². The van der Waals surface area contributed by atoms with E-state index in [0.717, 1.165) is 5.56 Å². The summed E-state index contributed by atoms with van der Waals surface area (Å²) in [6, 6.07) is 9.35. The lowest BCUT2D eigenvalue weighted by molar-refractivity contribution is 0.415. The standard InChI is InChI=1S/C14H13Cl2NO3S/c1-9-3-6-14(12(16)7-9)21(18,19)17-10-4-5-13(20-2)11(15)8-10/h3-8,17H,1-2H3. The number of nitrogens with one attached hydrogen (secondary N) is 1. The minimum absolute atomic E-state index is 0.0155. The summed E-state index contributed by atoms with van der Waals surface area (Å²) in [6.07, 6.45) is 0. The van der Waals surface area contributed by atoms with Crippen molar-refractivity contribution in [2.45, 2.75) is 11.8 Å². The summed E-state index contributed by atoms with van der Waals surface area (Å²) in [4.78, 5) is 0.0155. The average Bonchev–Trinajstić information content (AvgIpc) is 2.37. The van der Waals surface area contributed by atoms with Gasteiger partial charge in [-0.25, -0.2) is 8.42 Å². The fraction of sp³-hybridized carbons (Fsp3) is 0.143. The average molecular weight is 346 g/mol. The maximum absolute atomic E-state index is 12.3. The molecular formula is C14H13Cl2NO3S. The molecule has 0 saturated heterocycles. The molecule has 0 unspecified atom stereocenters. The molecule has 1 N–H and O–H groups in total. The molecule has 4 nitrogen and oxygen atoms in total. The van der Waals surface area contributed by atoms with Crippen LogP contribution in [-0.2, 0) is 10.0 Å². The van der Waals surface area contributed by atoms with Crippen molar-refractivity contribution in [3.63, 3.8) is 0 Å². The number of hydrogen-bond donors (Lipinski definition) is 1. The molecule has 0 radical (unpaired) electrons. The monoisotopic (exact) mass is 345 g/mol. The summed E-state index contributed by atoms with van der Waals surface area (Å²) in [7, 11) is -2.30. The Morgan fingerprint density at radius 2 is 1.76 bits per heavy atom. The Morgan fingerprint density at radius 1 is 1.05 bits per heavy atom. The summed E-state index contributed by atoms with van der Waals surface area (Å²) < 4.78 is 32.1. The van der Waals surface area contributed by atoms with Crippen LogP contribution in [0.2, 0.25) is 10.0 Å². The number of benzene rings is 2. The number of sulfonamides is 1. The molecule has 7 heteroatoms. The topological polar surface area (TPSA) is 55.4 Å². The lowest BCUT2D eigenvalue weighted by Crippen LogP contribution is -2.13. The summed E-state index contributed by atoms with van der Waals surface area (Å²) in [5.41, 5.74) is 1.21. The number of ether oxygens (including phenoxy) is 1. The zero-order valence-electron chi connectivity index (χ0n) is 11.4. The Morgan fingerprint density at radius 3 is 2.33 bits per heavy atom. The molecule has 0 heterocycles. The van der Waals surface area contributed by atoms with E-state index in [1.165, 1.54) is 19.2 Å². The molecule has 0 spiro atoms. The van der Waals surface area contributed by atoms with Crippen LogP contribution in [0, 0.1) is 6.92 Å². The summed E-state index contributed by atoms with van der Waals surface area (Å²) in [6.45, 7) is 1.83. The van der Waals surface area contributed by atoms with Gasteiger partial charge >= 0.3 is 0 Å². The highest BCUT2D eigenvalue weighted by molar-refractivity contribution is 7.92. The van der Waals surface area contributed by atoms with E-state index in [9.17, 15) is 8.42 Å². The third-order valence-electron chi connectivity index (χ3n) is 2.78. The molecule has 0 saturated carbocycles. The van der Waals surface area contributed by atoms with Crippen molar-refractivity contribution in [3.8, 4) is 5.75 Å². The normalized spacial score (nSPS) is 11.2. The van der Waals surface area contributed by atoms with Crippen molar-refractivity contribution < 1.29 is 13.2 Å². The number of aryl methyl sites for hydroxylation is 1. The summed E-state index contributed by atoms with van der Waals surface area (Å²) in [5.74, 6) is 0.466. The largest absolute Gasteiger partial charge is 0.495 e. The van der Waals surface area contributed by atoms with Crippen LogP contribution in [0.3, 0.4) is 0 Å². The molecular weight excluding hydrogens is 333 g/mol. The van der Waals surface area contributed by atoms with Gasteiger partial charge in [0.2, 0.25) is 0 Å². The predicted octanol–water partition coefficient (Wildman–Crippen LogP) is 4.11. The highest BCUT2D eigenvalue weighted by Crippen LogP contribution is 2.29. The van der Waals surface area contributed by atoms with Gasteiger partial charge in [0.05, 0.1) is 22.8 Å². The van der Waals surface area contributed by atoms with E-state index in [2.05, 4.69) is 4.72 Å². The van der Waals surface area contributed by atoms with Crippen molar-refractivity contribution in [2.75, 3.05) is 11.8 Å². The maximum atomic E-state index is 12.3. The van der Waals surface area contributed by atoms with Crippen molar-refractivity contribution in [1.82, 2.24) is 0 Å². The maximum Gasteiger partial charge on any atom is 0.263 e. The number of rotatable bonds is 4. The number of anilines is 1. The first-order chi connectivity index (χ1) is 9.83. The van der Waals surface area contributed by atoms with Crippen LogP contribution in [0.4, 0.5) is 5.69 Å². The van der Waals surface area contributed by atoms with Crippen molar-refractivity contribution >= 4 is 38.9 Å². The first-order valence-corrected chi connectivity index (χ1v) is 8.20. The first-order valence-electron chi connectivity index (χ1n) is 5.96. The molecule has 2 aromatic rings. The van der Waals surface area contributed by atoms with E-state index in [1.807, 2.05) is 6.92 Å². The minimum Gasteiger partial charge on any atom is -0.495 e. The fourth-order valence-corrected chi connectivity index (χ4v) is 3.67. The second kappa shape index (κ2) is 6.13. The van der Waals surface area contributed by atoms with Gasteiger partial charge < -0.3 is 4.74 Å². The van der Waals surface area contributed by atoms with Gasteiger partial charge in [0.1, 0.15) is 10.6 Å². The second-order valence-electron chi connectivity index (χ2n) is 4.39. The SMILES string of the molecule is COc1ccc(NS(=O)(=O)c2ccc(C)cc2Cl)cc1Cl. The fourth-order valence-electron chi connectivity index (χ4n) is 1.76. The Hall–Kier alpha value is -1.43. The van der Waals surface area contributed by atoms with Crippen molar-refractivity contribution in [1.29, 1.82) is 0 Å². The van der Waals surface area contributed by atoms with Crippen molar-refractivity contribution in [2.24, 2.45) is 0 Å². The van der Waals surface area contributed by atoms with Crippen LogP contribution in [0.5, 0.6) is 5.75 Å². The number of halogens is 2. The van der Waals surface area contributed by atoms with Crippen LogP contribution in [-0.4, -0.2) is 15.5 Å². The van der Waals surface area contributed by atoms with Crippen molar-refractivity contribution in [3.05, 3.63) is 52.0 Å². The molecule has 112 valence electrons. The zero-order chi connectivity index (χ0) is 15.6. The molecule has 0 amide bonds. The lowest BCUT2D eigenvalue weighted by atomic mass is 10.2. The molecule has 2 aromatic carbocycles. The quantitative estimate of drug-likeness (QED) is 0.906. The van der Waals surface area contributed by atoms with Gasteiger partial charge in [-0.1, -0.05) is 29.3 Å². The predicted molar refractivity (Wildman–Crippen MR) is 85.0 cm³/mol. The molecule has 0 bridgehead atoms. The lowest BCUT2D eigenvalue weighted by Gasteiger charge is -2.11. The Balaban J connectivity index is 2.35.